The van der Waals surface area contributed by atoms with Gasteiger partial charge in [-0.3, -0.25) is 4.79 Å². The number of carbonyl (C=O) groups is 1. The Morgan fingerprint density at radius 2 is 2.44 bits per heavy atom. The first-order valence-corrected chi connectivity index (χ1v) is 3.40. The molecule has 0 N–H and O–H groups in total. The van der Waals surface area contributed by atoms with E-state index in [0.717, 1.165) is 6.42 Å². The average molecular weight is 149 g/mol. The maximum atomic E-state index is 10.5. The van der Waals surface area contributed by atoms with E-state index >= 15 is 0 Å². The number of ether oxygens (including phenoxy) is 1. The second kappa shape index (κ2) is 2.67. The fourth-order valence-corrected chi connectivity index (χ4v) is 1.32. The number of carbonyl (C=O) groups excluding carboxylic acids is 1. The van der Waals surface area contributed by atoms with Crippen molar-refractivity contribution in [1.29, 1.82) is 0 Å². The number of rotatable bonds is 1. The van der Waals surface area contributed by atoms with Crippen molar-refractivity contribution >= 4 is 16.8 Å². The zero-order valence-corrected chi connectivity index (χ0v) is 6.02. The van der Waals surface area contributed by atoms with Crippen molar-refractivity contribution < 1.29 is 9.53 Å². The van der Waals surface area contributed by atoms with E-state index in [9.17, 15) is 4.79 Å². The summed E-state index contributed by atoms with van der Waals surface area (Å²) in [6, 6.07) is 0. The first-order chi connectivity index (χ1) is 4.22. The number of hydrogen-bond donors (Lipinski definition) is 0. The predicted octanol–water partition coefficient (Wildman–Crippen LogP) is 1.18. The number of halogens is 1. The van der Waals surface area contributed by atoms with Gasteiger partial charge in [-0.05, 0) is 24.9 Å². The molecule has 0 aliphatic carbocycles. The Kier molecular flexibility index (Phi) is 2.09. The molecule has 9 heavy (non-hydrogen) atoms. The second-order valence-electron chi connectivity index (χ2n) is 2.28. The maximum absolute atomic E-state index is 10.5. The van der Waals surface area contributed by atoms with E-state index in [0.29, 0.717) is 6.61 Å². The minimum Gasteiger partial charge on any atom is -0.378 e. The molecule has 3 heteroatoms. The van der Waals surface area contributed by atoms with Gasteiger partial charge in [0.2, 0.25) is 5.24 Å². The molecule has 0 saturated carbocycles. The summed E-state index contributed by atoms with van der Waals surface area (Å²) in [6.07, 6.45) is 0.804. The van der Waals surface area contributed by atoms with Gasteiger partial charge in [-0.1, -0.05) is 0 Å². The summed E-state index contributed by atoms with van der Waals surface area (Å²) in [4.78, 5) is 10.5. The highest BCUT2D eigenvalue weighted by Crippen LogP contribution is 2.22. The quantitative estimate of drug-likeness (QED) is 0.522. The van der Waals surface area contributed by atoms with Crippen LogP contribution >= 0.6 is 11.6 Å². The van der Waals surface area contributed by atoms with E-state index in [-0.39, 0.29) is 17.3 Å². The summed E-state index contributed by atoms with van der Waals surface area (Å²) >= 11 is 5.26. The van der Waals surface area contributed by atoms with Crippen LogP contribution in [0.5, 0.6) is 0 Å². The van der Waals surface area contributed by atoms with Crippen LogP contribution in [-0.4, -0.2) is 18.0 Å². The normalized spacial score (nSPS) is 34.9. The highest BCUT2D eigenvalue weighted by atomic mass is 35.5. The molecule has 52 valence electrons. The van der Waals surface area contributed by atoms with Crippen LogP contribution in [0.25, 0.3) is 0 Å². The fraction of sp³-hybridized carbons (Fsp3) is 0.833. The summed E-state index contributed by atoms with van der Waals surface area (Å²) in [7, 11) is 0. The summed E-state index contributed by atoms with van der Waals surface area (Å²) in [5.41, 5.74) is 0. The van der Waals surface area contributed by atoms with Gasteiger partial charge < -0.3 is 4.74 Å². The molecular formula is C6H9ClO2. The molecule has 2 nitrogen and oxygen atoms in total. The van der Waals surface area contributed by atoms with E-state index in [2.05, 4.69) is 0 Å². The SMILES string of the molecule is CC1OCCC1C(=O)Cl. The lowest BCUT2D eigenvalue weighted by Gasteiger charge is -2.06. The van der Waals surface area contributed by atoms with Crippen LogP contribution in [0.1, 0.15) is 13.3 Å². The lowest BCUT2D eigenvalue weighted by atomic mass is 10.1. The van der Waals surface area contributed by atoms with Crippen LogP contribution in [0, 0.1) is 5.92 Å². The van der Waals surface area contributed by atoms with E-state index in [1.165, 1.54) is 0 Å². The molecule has 0 aromatic carbocycles. The molecule has 0 aromatic rings. The van der Waals surface area contributed by atoms with Crippen LogP contribution in [0.3, 0.4) is 0 Å². The van der Waals surface area contributed by atoms with Crippen molar-refractivity contribution in [3.8, 4) is 0 Å². The van der Waals surface area contributed by atoms with Crippen LogP contribution in [0.2, 0.25) is 0 Å². The van der Waals surface area contributed by atoms with Gasteiger partial charge in [-0.25, -0.2) is 0 Å². The van der Waals surface area contributed by atoms with Crippen molar-refractivity contribution in [2.24, 2.45) is 5.92 Å². The first kappa shape index (κ1) is 7.03. The van der Waals surface area contributed by atoms with E-state index in [1.54, 1.807) is 0 Å². The van der Waals surface area contributed by atoms with Gasteiger partial charge in [0.15, 0.2) is 0 Å². The van der Waals surface area contributed by atoms with Gasteiger partial charge in [0.1, 0.15) is 0 Å². The largest absolute Gasteiger partial charge is 0.378 e. The Morgan fingerprint density at radius 1 is 1.78 bits per heavy atom. The van der Waals surface area contributed by atoms with Crippen molar-refractivity contribution in [3.05, 3.63) is 0 Å². The average Bonchev–Trinajstić information content (AvgIpc) is 2.13. The van der Waals surface area contributed by atoms with Crippen molar-refractivity contribution in [2.45, 2.75) is 19.4 Å². The van der Waals surface area contributed by atoms with Gasteiger partial charge in [-0.15, -0.1) is 0 Å². The summed E-state index contributed by atoms with van der Waals surface area (Å²) in [5, 5.41) is -0.264. The first-order valence-electron chi connectivity index (χ1n) is 3.03. The Hall–Kier alpha value is -0.0800. The highest BCUT2D eigenvalue weighted by Gasteiger charge is 2.29. The van der Waals surface area contributed by atoms with E-state index in [1.807, 2.05) is 6.92 Å². The topological polar surface area (TPSA) is 26.3 Å². The molecule has 1 fully saturated rings. The molecular weight excluding hydrogens is 140 g/mol. The van der Waals surface area contributed by atoms with Crippen LogP contribution in [-0.2, 0) is 9.53 Å². The van der Waals surface area contributed by atoms with Crippen molar-refractivity contribution in [1.82, 2.24) is 0 Å². The zero-order chi connectivity index (χ0) is 6.85. The summed E-state index contributed by atoms with van der Waals surface area (Å²) in [6.45, 7) is 2.54. The van der Waals surface area contributed by atoms with Crippen molar-refractivity contribution in [3.63, 3.8) is 0 Å². The van der Waals surface area contributed by atoms with E-state index in [4.69, 9.17) is 16.3 Å². The molecule has 1 aliphatic heterocycles. The third-order valence-electron chi connectivity index (χ3n) is 1.67. The molecule has 0 bridgehead atoms. The molecule has 0 aromatic heterocycles. The van der Waals surface area contributed by atoms with Gasteiger partial charge >= 0.3 is 0 Å². The molecule has 1 rings (SSSR count). The predicted molar refractivity (Wildman–Crippen MR) is 34.4 cm³/mol. The molecule has 1 saturated heterocycles. The Bertz CT molecular complexity index is 124. The van der Waals surface area contributed by atoms with Gasteiger partial charge in [0.05, 0.1) is 12.0 Å². The van der Waals surface area contributed by atoms with Crippen molar-refractivity contribution in [2.75, 3.05) is 6.61 Å². The minimum absolute atomic E-state index is 0.0231. The fourth-order valence-electron chi connectivity index (χ4n) is 1.03. The third kappa shape index (κ3) is 1.43. The number of hydrogen-bond acceptors (Lipinski definition) is 2. The standard InChI is InChI=1S/C6H9ClO2/c1-4-5(6(7)8)2-3-9-4/h4-5H,2-3H2,1H3. The third-order valence-corrected chi connectivity index (χ3v) is 1.95. The van der Waals surface area contributed by atoms with Crippen LogP contribution in [0.15, 0.2) is 0 Å². The highest BCUT2D eigenvalue weighted by molar-refractivity contribution is 6.64. The lowest BCUT2D eigenvalue weighted by Crippen LogP contribution is -2.16. The second-order valence-corrected chi connectivity index (χ2v) is 2.65. The summed E-state index contributed by atoms with van der Waals surface area (Å²) < 4.78 is 5.12. The molecule has 0 radical (unpaired) electrons. The maximum Gasteiger partial charge on any atom is 0.227 e. The molecule has 2 atom stereocenters. The van der Waals surface area contributed by atoms with E-state index < -0.39 is 0 Å². The molecule has 2 unspecified atom stereocenters. The molecule has 1 heterocycles. The smallest absolute Gasteiger partial charge is 0.227 e. The monoisotopic (exact) mass is 148 g/mol. The van der Waals surface area contributed by atoms with Crippen LogP contribution in [0.4, 0.5) is 0 Å². The molecule has 1 aliphatic rings. The Morgan fingerprint density at radius 3 is 2.67 bits per heavy atom. The minimum atomic E-state index is -0.264. The Labute approximate surface area is 59.1 Å². The zero-order valence-electron chi connectivity index (χ0n) is 5.26. The lowest BCUT2D eigenvalue weighted by molar-refractivity contribution is -0.116. The van der Waals surface area contributed by atoms with Gasteiger partial charge in [-0.2, -0.15) is 0 Å². The molecule has 0 amide bonds. The summed E-state index contributed by atoms with van der Waals surface area (Å²) in [5.74, 6) is -0.0633. The Balaban J connectivity index is 2.49. The van der Waals surface area contributed by atoms with Crippen LogP contribution < -0.4 is 0 Å². The van der Waals surface area contributed by atoms with Gasteiger partial charge in [0, 0.05) is 6.61 Å². The molecule has 0 spiro atoms. The van der Waals surface area contributed by atoms with Gasteiger partial charge in [0.25, 0.3) is 0 Å².